The maximum absolute atomic E-state index is 6.61. The van der Waals surface area contributed by atoms with Crippen LogP contribution in [0.5, 0.6) is 0 Å². The largest absolute Gasteiger partial charge is 0.456 e. The van der Waals surface area contributed by atoms with Gasteiger partial charge in [-0.25, -0.2) is 9.97 Å². The summed E-state index contributed by atoms with van der Waals surface area (Å²) in [5, 5.41) is 2.24. The lowest BCUT2D eigenvalue weighted by molar-refractivity contribution is 0.589. The number of aromatic nitrogens is 2. The van der Waals surface area contributed by atoms with E-state index >= 15 is 0 Å². The summed E-state index contributed by atoms with van der Waals surface area (Å²) in [6, 6.07) is 50.0. The van der Waals surface area contributed by atoms with Crippen molar-refractivity contribution < 1.29 is 4.42 Å². The Hall–Kier alpha value is -6.58. The van der Waals surface area contributed by atoms with E-state index in [1.54, 1.807) is 0 Å². The number of para-hydroxylation sites is 1. The van der Waals surface area contributed by atoms with Gasteiger partial charge in [0.1, 0.15) is 11.2 Å². The number of nitrogens with zero attached hydrogens (tertiary/aromatic N) is 2. The first kappa shape index (κ1) is 38.0. The molecule has 3 nitrogen and oxygen atoms in total. The molecule has 0 saturated heterocycles. The van der Waals surface area contributed by atoms with E-state index in [0.29, 0.717) is 0 Å². The van der Waals surface area contributed by atoms with Crippen LogP contribution in [0, 0.1) is 41.5 Å². The third-order valence-corrected chi connectivity index (χ3v) is 12.1. The molecular formula is C56H50N2O. The van der Waals surface area contributed by atoms with Crippen LogP contribution in [0.25, 0.3) is 89.2 Å². The second kappa shape index (κ2) is 14.7. The van der Waals surface area contributed by atoms with Crippen LogP contribution in [0.15, 0.2) is 144 Å². The Morgan fingerprint density at radius 3 is 1.76 bits per heavy atom. The molecule has 0 radical (unpaired) electrons. The monoisotopic (exact) mass is 766 g/mol. The lowest BCUT2D eigenvalue weighted by atomic mass is 9.82. The number of fused-ring (bicyclic) bond motifs is 3. The van der Waals surface area contributed by atoms with Gasteiger partial charge in [-0.15, -0.1) is 0 Å². The van der Waals surface area contributed by atoms with Gasteiger partial charge in [-0.2, -0.15) is 0 Å². The van der Waals surface area contributed by atoms with Crippen LogP contribution in [0.3, 0.4) is 0 Å². The molecule has 290 valence electrons. The van der Waals surface area contributed by atoms with Crippen LogP contribution in [-0.4, -0.2) is 9.97 Å². The average molecular weight is 767 g/mol. The van der Waals surface area contributed by atoms with Crippen LogP contribution >= 0.6 is 0 Å². The number of furan rings is 1. The predicted octanol–water partition coefficient (Wildman–Crippen LogP) is 15.5. The van der Waals surface area contributed by atoms with Gasteiger partial charge in [-0.05, 0) is 162 Å². The van der Waals surface area contributed by atoms with Crippen LogP contribution < -0.4 is 0 Å². The van der Waals surface area contributed by atoms with Gasteiger partial charge >= 0.3 is 0 Å². The van der Waals surface area contributed by atoms with Crippen molar-refractivity contribution in [1.29, 1.82) is 0 Å². The summed E-state index contributed by atoms with van der Waals surface area (Å²) in [5.74, 6) is 0. The van der Waals surface area contributed by atoms with Gasteiger partial charge in [0, 0.05) is 21.9 Å². The molecule has 0 aliphatic rings. The fourth-order valence-corrected chi connectivity index (χ4v) is 9.06. The molecule has 0 fully saturated rings. The van der Waals surface area contributed by atoms with Crippen molar-refractivity contribution in [3.05, 3.63) is 178 Å². The van der Waals surface area contributed by atoms with Crippen molar-refractivity contribution in [2.75, 3.05) is 0 Å². The molecule has 0 bridgehead atoms. The number of benzene rings is 6. The third-order valence-electron chi connectivity index (χ3n) is 12.1. The van der Waals surface area contributed by atoms with Crippen molar-refractivity contribution in [2.24, 2.45) is 0 Å². The molecule has 6 aromatic carbocycles. The molecule has 0 unspecified atom stereocenters. The summed E-state index contributed by atoms with van der Waals surface area (Å²) >= 11 is 0. The predicted molar refractivity (Wildman–Crippen MR) is 249 cm³/mol. The molecule has 0 aliphatic heterocycles. The van der Waals surface area contributed by atoms with Gasteiger partial charge in [0.2, 0.25) is 0 Å². The molecule has 0 aliphatic carbocycles. The van der Waals surface area contributed by atoms with E-state index in [-0.39, 0.29) is 5.41 Å². The zero-order chi connectivity index (χ0) is 41.2. The molecule has 0 saturated carbocycles. The molecule has 3 heteroatoms. The molecule has 0 spiro atoms. The highest BCUT2D eigenvalue weighted by Gasteiger charge is 2.22. The maximum Gasteiger partial charge on any atom is 0.136 e. The second-order valence-electron chi connectivity index (χ2n) is 17.3. The quantitative estimate of drug-likeness (QED) is 0.169. The number of hydrogen-bond donors (Lipinski definition) is 0. The average Bonchev–Trinajstić information content (AvgIpc) is 3.59. The highest BCUT2D eigenvalue weighted by atomic mass is 16.3. The highest BCUT2D eigenvalue weighted by Crippen LogP contribution is 2.44. The third kappa shape index (κ3) is 6.85. The standard InChI is InChI=1S/C56H50N2O/c1-33-25-26-40(53-36(4)27-42(28-37(53)5)56(7,8)9)29-44(33)46-22-16-23-47(57-46)49-31-41(52-34(2)17-15-18-35(52)3)30-48(58-49)45-32-51-55(43-21-13-14-24-50(43)59-51)54(38(45)6)39-19-11-10-12-20-39/h10-32H,1-9H3. The second-order valence-corrected chi connectivity index (χ2v) is 17.3. The minimum atomic E-state index is 0.0863. The van der Waals surface area contributed by atoms with Crippen molar-refractivity contribution in [2.45, 2.75) is 67.7 Å². The van der Waals surface area contributed by atoms with Gasteiger partial charge < -0.3 is 4.42 Å². The summed E-state index contributed by atoms with van der Waals surface area (Å²) in [5.41, 5.74) is 23.3. The molecule has 59 heavy (non-hydrogen) atoms. The summed E-state index contributed by atoms with van der Waals surface area (Å²) in [4.78, 5) is 10.9. The first-order valence-electron chi connectivity index (χ1n) is 20.7. The molecular weight excluding hydrogens is 717 g/mol. The zero-order valence-corrected chi connectivity index (χ0v) is 35.6. The van der Waals surface area contributed by atoms with Crippen molar-refractivity contribution in [3.63, 3.8) is 0 Å². The molecule has 9 aromatic rings. The van der Waals surface area contributed by atoms with E-state index in [0.717, 1.165) is 78.1 Å². The SMILES string of the molecule is Cc1ccc(-c2c(C)cc(C(C)(C)C)cc2C)cc1-c1cccc(-c2cc(-c3c(C)cccc3C)cc(-c3cc4oc5ccccc5c4c(-c4ccccc4)c3C)n2)n1. The molecule has 3 aromatic heterocycles. The number of pyridine rings is 2. The minimum absolute atomic E-state index is 0.0863. The Morgan fingerprint density at radius 1 is 0.407 bits per heavy atom. The van der Waals surface area contributed by atoms with E-state index < -0.39 is 0 Å². The lowest BCUT2D eigenvalue weighted by Crippen LogP contribution is -2.12. The Morgan fingerprint density at radius 2 is 1.03 bits per heavy atom. The van der Waals surface area contributed by atoms with Gasteiger partial charge in [-0.1, -0.05) is 118 Å². The highest BCUT2D eigenvalue weighted by molar-refractivity contribution is 6.14. The van der Waals surface area contributed by atoms with Gasteiger partial charge in [-0.3, -0.25) is 0 Å². The molecule has 3 heterocycles. The van der Waals surface area contributed by atoms with Crippen molar-refractivity contribution in [1.82, 2.24) is 9.97 Å². The Labute approximate surface area is 348 Å². The summed E-state index contributed by atoms with van der Waals surface area (Å²) < 4.78 is 6.61. The molecule has 0 atom stereocenters. The summed E-state index contributed by atoms with van der Waals surface area (Å²) in [7, 11) is 0. The van der Waals surface area contributed by atoms with Gasteiger partial charge in [0.05, 0.1) is 22.8 Å². The Kier molecular flexibility index (Phi) is 9.44. The smallest absolute Gasteiger partial charge is 0.136 e. The first-order chi connectivity index (χ1) is 28.4. The van der Waals surface area contributed by atoms with E-state index in [1.165, 1.54) is 50.1 Å². The molecule has 9 rings (SSSR count). The molecule has 0 N–H and O–H groups in total. The number of hydrogen-bond acceptors (Lipinski definition) is 3. The lowest BCUT2D eigenvalue weighted by Gasteiger charge is -2.23. The van der Waals surface area contributed by atoms with E-state index in [4.69, 9.17) is 14.4 Å². The van der Waals surface area contributed by atoms with Crippen molar-refractivity contribution >= 4 is 21.9 Å². The van der Waals surface area contributed by atoms with Crippen LogP contribution in [0.1, 0.15) is 59.7 Å². The Balaban J connectivity index is 1.24. The summed E-state index contributed by atoms with van der Waals surface area (Å²) in [6.07, 6.45) is 0. The summed E-state index contributed by atoms with van der Waals surface area (Å²) in [6.45, 7) is 20.1. The van der Waals surface area contributed by atoms with E-state index in [1.807, 2.05) is 6.07 Å². The normalized spacial score (nSPS) is 11.8. The fourth-order valence-electron chi connectivity index (χ4n) is 9.06. The maximum atomic E-state index is 6.61. The van der Waals surface area contributed by atoms with Crippen molar-refractivity contribution in [3.8, 4) is 67.3 Å². The Bertz CT molecular complexity index is 3040. The van der Waals surface area contributed by atoms with Crippen LogP contribution in [0.4, 0.5) is 0 Å². The van der Waals surface area contributed by atoms with Gasteiger partial charge in [0.25, 0.3) is 0 Å². The zero-order valence-electron chi connectivity index (χ0n) is 35.6. The van der Waals surface area contributed by atoms with Crippen LogP contribution in [-0.2, 0) is 5.41 Å². The van der Waals surface area contributed by atoms with Gasteiger partial charge in [0.15, 0.2) is 0 Å². The van der Waals surface area contributed by atoms with E-state index in [2.05, 4.69) is 196 Å². The molecule has 0 amide bonds. The first-order valence-corrected chi connectivity index (χ1v) is 20.7. The number of aryl methyl sites for hydroxylation is 5. The van der Waals surface area contributed by atoms with E-state index in [9.17, 15) is 0 Å². The minimum Gasteiger partial charge on any atom is -0.456 e. The van der Waals surface area contributed by atoms with Crippen LogP contribution in [0.2, 0.25) is 0 Å². The topological polar surface area (TPSA) is 38.9 Å². The number of rotatable bonds is 6. The fraction of sp³-hybridized carbons (Fsp3) is 0.179.